The Balaban J connectivity index is 1.79. The molecule has 0 bridgehead atoms. The van der Waals surface area contributed by atoms with E-state index >= 15 is 0 Å². The van der Waals surface area contributed by atoms with E-state index in [2.05, 4.69) is 5.16 Å². The van der Waals surface area contributed by atoms with E-state index in [1.807, 2.05) is 11.4 Å². The van der Waals surface area contributed by atoms with Crippen LogP contribution in [0.5, 0.6) is 0 Å². The van der Waals surface area contributed by atoms with Crippen molar-refractivity contribution in [2.45, 2.75) is 18.8 Å². The Labute approximate surface area is 102 Å². The van der Waals surface area contributed by atoms with Gasteiger partial charge in [-0.25, -0.2) is 4.79 Å². The van der Waals surface area contributed by atoms with E-state index in [4.69, 9.17) is 9.63 Å². The molecule has 0 atom stereocenters. The van der Waals surface area contributed by atoms with Crippen LogP contribution in [0.1, 0.15) is 24.5 Å². The molecule has 1 N–H and O–H groups in total. The van der Waals surface area contributed by atoms with Crippen LogP contribution in [0.2, 0.25) is 0 Å². The zero-order valence-electron chi connectivity index (χ0n) is 9.13. The molecule has 3 heterocycles. The van der Waals surface area contributed by atoms with E-state index in [9.17, 15) is 4.79 Å². The highest BCUT2D eigenvalue weighted by Gasteiger charge is 2.27. The number of thiophene rings is 1. The summed E-state index contributed by atoms with van der Waals surface area (Å²) >= 11 is 1.64. The number of likely N-dealkylation sites (tertiary alicyclic amines) is 1. The number of carboxylic acid groups (broad SMARTS) is 1. The van der Waals surface area contributed by atoms with E-state index in [1.165, 1.54) is 4.90 Å². The van der Waals surface area contributed by atoms with Gasteiger partial charge >= 0.3 is 6.09 Å². The number of aromatic nitrogens is 1. The first kappa shape index (κ1) is 10.6. The smallest absolute Gasteiger partial charge is 0.407 e. The molecule has 3 rings (SSSR count). The molecule has 1 amide bonds. The fraction of sp³-hybridized carbons (Fsp3) is 0.455. The monoisotopic (exact) mass is 252 g/mol. The predicted octanol–water partition coefficient (Wildman–Crippen LogP) is 2.75. The molecule has 17 heavy (non-hydrogen) atoms. The SMILES string of the molecule is O=C(O)N1CCC(c2noc3ccsc23)CC1. The number of hydrogen-bond acceptors (Lipinski definition) is 4. The second-order valence-electron chi connectivity index (χ2n) is 4.23. The highest BCUT2D eigenvalue weighted by molar-refractivity contribution is 7.17. The number of fused-ring (bicyclic) bond motifs is 1. The van der Waals surface area contributed by atoms with Crippen molar-refractivity contribution < 1.29 is 14.4 Å². The number of amides is 1. The first-order chi connectivity index (χ1) is 8.25. The van der Waals surface area contributed by atoms with Crippen molar-refractivity contribution in [3.8, 4) is 0 Å². The molecule has 5 nitrogen and oxygen atoms in total. The van der Waals surface area contributed by atoms with Gasteiger partial charge in [0.1, 0.15) is 5.69 Å². The van der Waals surface area contributed by atoms with Gasteiger partial charge in [0.15, 0.2) is 5.58 Å². The lowest BCUT2D eigenvalue weighted by Gasteiger charge is -2.28. The average molecular weight is 252 g/mol. The van der Waals surface area contributed by atoms with Crippen LogP contribution in [0.4, 0.5) is 4.79 Å². The number of piperidine rings is 1. The summed E-state index contributed by atoms with van der Waals surface area (Å²) in [6.07, 6.45) is 0.822. The molecule has 1 fully saturated rings. The molecule has 6 heteroatoms. The zero-order chi connectivity index (χ0) is 11.8. The van der Waals surface area contributed by atoms with Crippen molar-refractivity contribution in [2.75, 3.05) is 13.1 Å². The largest absolute Gasteiger partial charge is 0.465 e. The van der Waals surface area contributed by atoms with E-state index in [0.717, 1.165) is 28.8 Å². The maximum Gasteiger partial charge on any atom is 0.407 e. The molecule has 1 aliphatic heterocycles. The van der Waals surface area contributed by atoms with Crippen molar-refractivity contribution in [1.29, 1.82) is 0 Å². The number of rotatable bonds is 1. The van der Waals surface area contributed by atoms with Gasteiger partial charge in [0.2, 0.25) is 0 Å². The normalized spacial score (nSPS) is 17.8. The molecule has 1 saturated heterocycles. The Morgan fingerprint density at radius 3 is 3.00 bits per heavy atom. The fourth-order valence-corrected chi connectivity index (χ4v) is 3.17. The van der Waals surface area contributed by atoms with Gasteiger partial charge in [-0.2, -0.15) is 0 Å². The zero-order valence-corrected chi connectivity index (χ0v) is 9.94. The van der Waals surface area contributed by atoms with Gasteiger partial charge < -0.3 is 14.5 Å². The lowest BCUT2D eigenvalue weighted by Crippen LogP contribution is -2.36. The maximum absolute atomic E-state index is 10.8. The van der Waals surface area contributed by atoms with Gasteiger partial charge in [0, 0.05) is 19.0 Å². The van der Waals surface area contributed by atoms with Crippen molar-refractivity contribution >= 4 is 27.7 Å². The summed E-state index contributed by atoms with van der Waals surface area (Å²) in [7, 11) is 0. The standard InChI is InChI=1S/C11H12N2O3S/c14-11(15)13-4-1-7(2-5-13)9-10-8(16-12-9)3-6-17-10/h3,6-7H,1-2,4-5H2,(H,14,15). The van der Waals surface area contributed by atoms with E-state index in [1.54, 1.807) is 11.3 Å². The lowest BCUT2D eigenvalue weighted by molar-refractivity contribution is 0.131. The summed E-state index contributed by atoms with van der Waals surface area (Å²) in [5, 5.41) is 15.0. The minimum Gasteiger partial charge on any atom is -0.465 e. The molecular formula is C11H12N2O3S. The molecule has 90 valence electrons. The number of carbonyl (C=O) groups is 1. The molecule has 0 saturated carbocycles. The topological polar surface area (TPSA) is 66.6 Å². The summed E-state index contributed by atoms with van der Waals surface area (Å²) in [5.74, 6) is 0.325. The van der Waals surface area contributed by atoms with Gasteiger partial charge in [-0.05, 0) is 24.3 Å². The molecule has 0 aliphatic carbocycles. The molecule has 0 spiro atoms. The number of hydrogen-bond donors (Lipinski definition) is 1. The molecule has 0 unspecified atom stereocenters. The van der Waals surface area contributed by atoms with E-state index < -0.39 is 6.09 Å². The Bertz CT molecular complexity index is 540. The Hall–Kier alpha value is -1.56. The van der Waals surface area contributed by atoms with E-state index in [-0.39, 0.29) is 0 Å². The van der Waals surface area contributed by atoms with Crippen LogP contribution in [-0.2, 0) is 0 Å². The molecule has 0 aromatic carbocycles. The minimum absolute atomic E-state index is 0.325. The second-order valence-corrected chi connectivity index (χ2v) is 5.14. The molecule has 0 radical (unpaired) electrons. The quantitative estimate of drug-likeness (QED) is 0.847. The summed E-state index contributed by atoms with van der Waals surface area (Å²) in [4.78, 5) is 12.3. The van der Waals surface area contributed by atoms with Crippen LogP contribution in [-0.4, -0.2) is 34.3 Å². The van der Waals surface area contributed by atoms with Crippen LogP contribution in [0.15, 0.2) is 16.0 Å². The van der Waals surface area contributed by atoms with Crippen molar-refractivity contribution in [3.05, 3.63) is 17.1 Å². The van der Waals surface area contributed by atoms with E-state index in [0.29, 0.717) is 19.0 Å². The predicted molar refractivity (Wildman–Crippen MR) is 63.5 cm³/mol. The molecule has 2 aromatic rings. The first-order valence-electron chi connectivity index (χ1n) is 5.56. The van der Waals surface area contributed by atoms with Gasteiger partial charge in [-0.3, -0.25) is 0 Å². The summed E-state index contributed by atoms with van der Waals surface area (Å²) in [6, 6.07) is 1.92. The van der Waals surface area contributed by atoms with Gasteiger partial charge in [-0.15, -0.1) is 11.3 Å². The van der Waals surface area contributed by atoms with Crippen molar-refractivity contribution in [1.82, 2.24) is 10.1 Å². The third-order valence-corrected chi connectivity index (χ3v) is 4.17. The van der Waals surface area contributed by atoms with Crippen LogP contribution in [0.3, 0.4) is 0 Å². The average Bonchev–Trinajstić information content (AvgIpc) is 2.90. The fourth-order valence-electron chi connectivity index (χ4n) is 2.30. The van der Waals surface area contributed by atoms with Gasteiger partial charge in [0.05, 0.1) is 4.70 Å². The summed E-state index contributed by atoms with van der Waals surface area (Å²) in [6.45, 7) is 1.17. The minimum atomic E-state index is -0.829. The Morgan fingerprint density at radius 1 is 1.53 bits per heavy atom. The third kappa shape index (κ3) is 1.78. The van der Waals surface area contributed by atoms with Crippen LogP contribution >= 0.6 is 11.3 Å². The van der Waals surface area contributed by atoms with Crippen LogP contribution in [0, 0.1) is 0 Å². The molecule has 1 aliphatic rings. The lowest BCUT2D eigenvalue weighted by atomic mass is 9.94. The molecular weight excluding hydrogens is 240 g/mol. The maximum atomic E-state index is 10.8. The molecule has 2 aromatic heterocycles. The number of nitrogens with zero attached hydrogens (tertiary/aromatic N) is 2. The highest BCUT2D eigenvalue weighted by atomic mass is 32.1. The first-order valence-corrected chi connectivity index (χ1v) is 6.44. The highest BCUT2D eigenvalue weighted by Crippen LogP contribution is 2.34. The third-order valence-electron chi connectivity index (χ3n) is 3.26. The summed E-state index contributed by atoms with van der Waals surface area (Å²) in [5.41, 5.74) is 1.84. The van der Waals surface area contributed by atoms with Crippen molar-refractivity contribution in [2.24, 2.45) is 0 Å². The second kappa shape index (κ2) is 4.03. The van der Waals surface area contributed by atoms with Crippen molar-refractivity contribution in [3.63, 3.8) is 0 Å². The van der Waals surface area contributed by atoms with Gasteiger partial charge in [0.25, 0.3) is 0 Å². The van der Waals surface area contributed by atoms with Crippen LogP contribution < -0.4 is 0 Å². The van der Waals surface area contributed by atoms with Crippen LogP contribution in [0.25, 0.3) is 10.3 Å². The van der Waals surface area contributed by atoms with Gasteiger partial charge in [-0.1, -0.05) is 5.16 Å². The Kier molecular flexibility index (Phi) is 2.51. The Morgan fingerprint density at radius 2 is 2.29 bits per heavy atom. The summed E-state index contributed by atoms with van der Waals surface area (Å²) < 4.78 is 6.36.